The number of hydrogen-bond acceptors (Lipinski definition) is 5. The first-order valence-corrected chi connectivity index (χ1v) is 8.51. The summed E-state index contributed by atoms with van der Waals surface area (Å²) >= 11 is 0. The number of aryl methyl sites for hydroxylation is 2. The summed E-state index contributed by atoms with van der Waals surface area (Å²) in [4.78, 5) is 6.45. The Labute approximate surface area is 129 Å². The van der Waals surface area contributed by atoms with Crippen molar-refractivity contribution in [2.75, 3.05) is 20.1 Å². The molecule has 0 radical (unpaired) electrons. The van der Waals surface area contributed by atoms with Crippen molar-refractivity contribution in [2.45, 2.75) is 16.9 Å². The van der Waals surface area contributed by atoms with Gasteiger partial charge in [-0.2, -0.15) is 5.10 Å². The summed E-state index contributed by atoms with van der Waals surface area (Å²) in [5.74, 6) is 0.0731. The van der Waals surface area contributed by atoms with Crippen molar-refractivity contribution in [3.63, 3.8) is 0 Å². The molecule has 0 bridgehead atoms. The molecule has 2 atom stereocenters. The van der Waals surface area contributed by atoms with Gasteiger partial charge in [0, 0.05) is 57.2 Å². The SMILES string of the molecule is CN1C[C@@H](NS(=O)(=O)c2cnn(C)c2)[C@H](c2cncn2C)C1. The van der Waals surface area contributed by atoms with Crippen LogP contribution in [0.1, 0.15) is 11.6 Å². The van der Waals surface area contributed by atoms with Gasteiger partial charge in [-0.05, 0) is 7.05 Å². The van der Waals surface area contributed by atoms with E-state index in [-0.39, 0.29) is 16.9 Å². The van der Waals surface area contributed by atoms with Crippen LogP contribution in [-0.4, -0.2) is 58.8 Å². The summed E-state index contributed by atoms with van der Waals surface area (Å²) < 4.78 is 31.2. The van der Waals surface area contributed by atoms with Gasteiger partial charge in [-0.25, -0.2) is 18.1 Å². The molecule has 120 valence electrons. The summed E-state index contributed by atoms with van der Waals surface area (Å²) in [7, 11) is 2.03. The summed E-state index contributed by atoms with van der Waals surface area (Å²) in [5.41, 5.74) is 1.03. The van der Waals surface area contributed by atoms with Gasteiger partial charge in [-0.15, -0.1) is 0 Å². The molecule has 8 nitrogen and oxygen atoms in total. The number of likely N-dealkylation sites (N-methyl/N-ethyl adjacent to an activating group) is 1. The average molecular weight is 324 g/mol. The number of nitrogens with zero attached hydrogens (tertiary/aromatic N) is 5. The van der Waals surface area contributed by atoms with Gasteiger partial charge in [-0.1, -0.05) is 0 Å². The van der Waals surface area contributed by atoms with Crippen LogP contribution in [0.3, 0.4) is 0 Å². The van der Waals surface area contributed by atoms with Crippen molar-refractivity contribution >= 4 is 10.0 Å². The van der Waals surface area contributed by atoms with Crippen LogP contribution < -0.4 is 4.72 Å². The number of aromatic nitrogens is 4. The van der Waals surface area contributed by atoms with E-state index < -0.39 is 10.0 Å². The normalized spacial score (nSPS) is 23.2. The number of imidazole rings is 1. The van der Waals surface area contributed by atoms with Gasteiger partial charge in [0.05, 0.1) is 12.5 Å². The van der Waals surface area contributed by atoms with Crippen molar-refractivity contribution in [3.8, 4) is 0 Å². The van der Waals surface area contributed by atoms with E-state index >= 15 is 0 Å². The molecule has 1 N–H and O–H groups in total. The Morgan fingerprint density at radius 1 is 1.23 bits per heavy atom. The molecule has 1 fully saturated rings. The van der Waals surface area contributed by atoms with E-state index in [0.717, 1.165) is 12.2 Å². The minimum Gasteiger partial charge on any atom is -0.337 e. The Kier molecular flexibility index (Phi) is 3.79. The molecule has 0 aromatic carbocycles. The summed E-state index contributed by atoms with van der Waals surface area (Å²) in [6, 6.07) is -0.189. The largest absolute Gasteiger partial charge is 0.337 e. The third-order valence-electron chi connectivity index (χ3n) is 4.03. The minimum atomic E-state index is -3.57. The number of hydrogen-bond donors (Lipinski definition) is 1. The molecule has 0 spiro atoms. The van der Waals surface area contributed by atoms with E-state index in [4.69, 9.17) is 0 Å². The van der Waals surface area contributed by atoms with Crippen molar-refractivity contribution in [1.29, 1.82) is 0 Å². The second-order valence-electron chi connectivity index (χ2n) is 5.83. The number of sulfonamides is 1. The van der Waals surface area contributed by atoms with Crippen LogP contribution in [-0.2, 0) is 24.1 Å². The Morgan fingerprint density at radius 3 is 2.59 bits per heavy atom. The lowest BCUT2D eigenvalue weighted by molar-refractivity contribution is 0.404. The fourth-order valence-corrected chi connectivity index (χ4v) is 4.20. The summed E-state index contributed by atoms with van der Waals surface area (Å²) in [5, 5.41) is 3.93. The fourth-order valence-electron chi connectivity index (χ4n) is 2.95. The zero-order valence-electron chi connectivity index (χ0n) is 12.8. The third kappa shape index (κ3) is 2.79. The lowest BCUT2D eigenvalue weighted by Gasteiger charge is -2.19. The van der Waals surface area contributed by atoms with Gasteiger partial charge in [0.15, 0.2) is 0 Å². The molecule has 0 aliphatic carbocycles. The van der Waals surface area contributed by atoms with Gasteiger partial charge >= 0.3 is 0 Å². The first-order valence-electron chi connectivity index (χ1n) is 7.02. The Balaban J connectivity index is 1.85. The number of nitrogens with one attached hydrogen (secondary N) is 1. The Morgan fingerprint density at radius 2 is 2.00 bits per heavy atom. The van der Waals surface area contributed by atoms with Crippen molar-refractivity contribution in [1.82, 2.24) is 29.0 Å². The standard InChI is InChI=1S/C13H20N6O2S/c1-17-7-11(13-5-14-9-18(13)2)12(8-17)16-22(20,21)10-4-15-19(3)6-10/h4-6,9,11-12,16H,7-8H2,1-3H3/t11-,12-/m1/s1. The average Bonchev–Trinajstić information content (AvgIpc) is 3.11. The molecule has 0 saturated carbocycles. The highest BCUT2D eigenvalue weighted by Crippen LogP contribution is 2.27. The van der Waals surface area contributed by atoms with E-state index in [9.17, 15) is 8.42 Å². The minimum absolute atomic E-state index is 0.0731. The molecule has 22 heavy (non-hydrogen) atoms. The van der Waals surface area contributed by atoms with Gasteiger partial charge in [-0.3, -0.25) is 4.68 Å². The lowest BCUT2D eigenvalue weighted by Crippen LogP contribution is -2.39. The van der Waals surface area contributed by atoms with E-state index in [2.05, 4.69) is 19.7 Å². The van der Waals surface area contributed by atoms with E-state index in [1.165, 1.54) is 17.1 Å². The van der Waals surface area contributed by atoms with E-state index in [1.54, 1.807) is 19.6 Å². The second-order valence-corrected chi connectivity index (χ2v) is 7.55. The predicted molar refractivity (Wildman–Crippen MR) is 80.8 cm³/mol. The quantitative estimate of drug-likeness (QED) is 0.822. The Bertz CT molecular complexity index is 765. The van der Waals surface area contributed by atoms with E-state index in [1.807, 2.05) is 18.7 Å². The first kappa shape index (κ1) is 15.2. The summed E-state index contributed by atoms with van der Waals surface area (Å²) in [6.07, 6.45) is 6.40. The zero-order chi connectivity index (χ0) is 15.9. The van der Waals surface area contributed by atoms with Crippen LogP contribution in [0.4, 0.5) is 0 Å². The van der Waals surface area contributed by atoms with Gasteiger partial charge < -0.3 is 9.47 Å². The molecule has 0 unspecified atom stereocenters. The Hall–Kier alpha value is -1.71. The number of rotatable bonds is 4. The molecule has 3 rings (SSSR count). The highest BCUT2D eigenvalue weighted by Gasteiger charge is 2.36. The molecule has 1 saturated heterocycles. The van der Waals surface area contributed by atoms with Crippen LogP contribution in [0.15, 0.2) is 29.8 Å². The summed E-state index contributed by atoms with van der Waals surface area (Å²) in [6.45, 7) is 1.45. The second kappa shape index (κ2) is 5.49. The molecular formula is C13H20N6O2S. The highest BCUT2D eigenvalue weighted by molar-refractivity contribution is 7.89. The van der Waals surface area contributed by atoms with Crippen LogP contribution >= 0.6 is 0 Å². The molecule has 3 heterocycles. The molecule has 9 heteroatoms. The predicted octanol–water partition coefficient (Wildman–Crippen LogP) is -0.470. The first-order chi connectivity index (χ1) is 10.4. The third-order valence-corrected chi connectivity index (χ3v) is 5.48. The monoisotopic (exact) mass is 324 g/mol. The number of likely N-dealkylation sites (tertiary alicyclic amines) is 1. The van der Waals surface area contributed by atoms with Crippen molar-refractivity contribution in [2.24, 2.45) is 14.1 Å². The van der Waals surface area contributed by atoms with Crippen LogP contribution in [0.25, 0.3) is 0 Å². The maximum absolute atomic E-state index is 12.5. The van der Waals surface area contributed by atoms with Crippen LogP contribution in [0.5, 0.6) is 0 Å². The molecule has 0 amide bonds. The molecule has 2 aromatic rings. The van der Waals surface area contributed by atoms with Gasteiger partial charge in [0.1, 0.15) is 4.90 Å². The topological polar surface area (TPSA) is 85.1 Å². The highest BCUT2D eigenvalue weighted by atomic mass is 32.2. The van der Waals surface area contributed by atoms with Crippen molar-refractivity contribution < 1.29 is 8.42 Å². The van der Waals surface area contributed by atoms with Crippen LogP contribution in [0.2, 0.25) is 0 Å². The molecule has 1 aliphatic heterocycles. The smallest absolute Gasteiger partial charge is 0.244 e. The van der Waals surface area contributed by atoms with Crippen molar-refractivity contribution in [3.05, 3.63) is 30.6 Å². The van der Waals surface area contributed by atoms with Gasteiger partial charge in [0.2, 0.25) is 10.0 Å². The maximum Gasteiger partial charge on any atom is 0.244 e. The fraction of sp³-hybridized carbons (Fsp3) is 0.538. The zero-order valence-corrected chi connectivity index (χ0v) is 13.7. The molecule has 2 aromatic heterocycles. The van der Waals surface area contributed by atoms with Gasteiger partial charge in [0.25, 0.3) is 0 Å². The molecule has 1 aliphatic rings. The lowest BCUT2D eigenvalue weighted by atomic mass is 10.0. The van der Waals surface area contributed by atoms with E-state index in [0.29, 0.717) is 6.54 Å². The maximum atomic E-state index is 12.5. The molecular weight excluding hydrogens is 304 g/mol. The van der Waals surface area contributed by atoms with Crippen LogP contribution in [0, 0.1) is 0 Å².